The predicted molar refractivity (Wildman–Crippen MR) is 93.0 cm³/mol. The second-order valence-electron chi connectivity index (χ2n) is 6.21. The molecule has 0 saturated carbocycles. The molecule has 1 unspecified atom stereocenters. The minimum atomic E-state index is -2.05. The van der Waals surface area contributed by atoms with Gasteiger partial charge < -0.3 is 15.4 Å². The predicted octanol–water partition coefficient (Wildman–Crippen LogP) is 1.53. The number of hydrogen-bond acceptors (Lipinski definition) is 5. The van der Waals surface area contributed by atoms with Crippen molar-refractivity contribution in [2.75, 3.05) is 36.9 Å². The molecule has 0 radical (unpaired) electrons. The molecule has 5 nitrogen and oxygen atoms in total. The van der Waals surface area contributed by atoms with Gasteiger partial charge in [-0.1, -0.05) is 0 Å². The van der Waals surface area contributed by atoms with Crippen molar-refractivity contribution in [1.29, 1.82) is 0 Å². The van der Waals surface area contributed by atoms with E-state index in [2.05, 4.69) is 15.8 Å². The van der Waals surface area contributed by atoms with E-state index in [0.717, 1.165) is 57.7 Å². The monoisotopic (exact) mass is 323 g/mol. The molecule has 1 aromatic rings. The summed E-state index contributed by atoms with van der Waals surface area (Å²) < 4.78 is 18.6. The van der Waals surface area contributed by atoms with E-state index in [1.54, 1.807) is 12.4 Å². The zero-order valence-electron chi connectivity index (χ0n) is 12.9. The summed E-state index contributed by atoms with van der Waals surface area (Å²) in [5.41, 5.74) is 7.75. The van der Waals surface area contributed by atoms with Crippen LogP contribution < -0.4 is 10.6 Å². The Balaban J connectivity index is 1.65. The number of nitrogens with two attached hydrogens (primary N) is 1. The molecule has 0 amide bonds. The Morgan fingerprint density at radius 2 is 1.86 bits per heavy atom. The summed E-state index contributed by atoms with van der Waals surface area (Å²) in [6.07, 6.45) is 7.07. The molecule has 0 aromatic carbocycles. The van der Waals surface area contributed by atoms with Crippen molar-refractivity contribution in [3.63, 3.8) is 0 Å². The smallest absolute Gasteiger partial charge is 0.0738 e. The maximum absolute atomic E-state index is 13.2. The molecule has 2 fully saturated rings. The maximum atomic E-state index is 13.2. The largest absolute Gasteiger partial charge is 0.396 e. The van der Waals surface area contributed by atoms with Crippen molar-refractivity contribution < 1.29 is 8.95 Å². The fraction of sp³-hybridized carbons (Fsp3) is 0.625. The molecule has 2 saturated heterocycles. The van der Waals surface area contributed by atoms with Crippen LogP contribution in [0.5, 0.6) is 0 Å². The van der Waals surface area contributed by atoms with Gasteiger partial charge in [-0.3, -0.25) is 9.19 Å². The lowest BCUT2D eigenvalue weighted by atomic mass is 10.1. The van der Waals surface area contributed by atoms with Crippen LogP contribution in [-0.2, 0) is 14.3 Å². The summed E-state index contributed by atoms with van der Waals surface area (Å²) in [4.78, 5) is 6.31. The number of anilines is 2. The van der Waals surface area contributed by atoms with Crippen LogP contribution >= 0.6 is 0 Å². The first-order valence-corrected chi connectivity index (χ1v) is 9.81. The quantitative estimate of drug-likeness (QED) is 0.854. The first-order valence-electron chi connectivity index (χ1n) is 7.96. The molecular weight excluding hydrogens is 298 g/mol. The van der Waals surface area contributed by atoms with Gasteiger partial charge in [-0.2, -0.15) is 0 Å². The Morgan fingerprint density at radius 1 is 1.23 bits per heavy atom. The Kier molecular flexibility index (Phi) is 4.59. The molecular formula is C16H25N3O2S. The minimum Gasteiger partial charge on any atom is -0.396 e. The van der Waals surface area contributed by atoms with Gasteiger partial charge in [-0.25, -0.2) is 0 Å². The molecule has 1 atom stereocenters. The zero-order chi connectivity index (χ0) is 15.6. The first kappa shape index (κ1) is 15.6. The fourth-order valence-electron chi connectivity index (χ4n) is 3.53. The van der Waals surface area contributed by atoms with Gasteiger partial charge in [0.1, 0.15) is 0 Å². The highest BCUT2D eigenvalue weighted by Gasteiger charge is 2.32. The first-order chi connectivity index (χ1) is 10.6. The van der Waals surface area contributed by atoms with Gasteiger partial charge in [0.25, 0.3) is 0 Å². The molecule has 3 rings (SSSR count). The van der Waals surface area contributed by atoms with E-state index < -0.39 is 9.52 Å². The lowest BCUT2D eigenvalue weighted by molar-refractivity contribution is 0.0989. The molecule has 22 heavy (non-hydrogen) atoms. The number of aromatic nitrogens is 1. The molecule has 122 valence electrons. The molecule has 2 N–H and O–H groups in total. The second-order valence-corrected chi connectivity index (χ2v) is 9.11. The lowest BCUT2D eigenvalue weighted by Crippen LogP contribution is -2.43. The van der Waals surface area contributed by atoms with Crippen molar-refractivity contribution in [3.8, 4) is 0 Å². The van der Waals surface area contributed by atoms with E-state index in [-0.39, 0.29) is 10.5 Å². The highest BCUT2D eigenvalue weighted by Crippen LogP contribution is 2.30. The van der Waals surface area contributed by atoms with Crippen molar-refractivity contribution in [3.05, 3.63) is 18.5 Å². The molecule has 0 spiro atoms. The van der Waals surface area contributed by atoms with Crippen LogP contribution in [0.25, 0.3) is 0 Å². The van der Waals surface area contributed by atoms with Gasteiger partial charge in [0.15, 0.2) is 0 Å². The van der Waals surface area contributed by atoms with Gasteiger partial charge >= 0.3 is 0 Å². The highest BCUT2D eigenvalue weighted by molar-refractivity contribution is 8.01. The van der Waals surface area contributed by atoms with Crippen LogP contribution in [-0.4, -0.2) is 51.9 Å². The Bertz CT molecular complexity index is 604. The van der Waals surface area contributed by atoms with Crippen LogP contribution in [0, 0.1) is 0 Å². The number of pyridine rings is 1. The molecule has 1 aromatic heterocycles. The maximum Gasteiger partial charge on any atom is 0.0738 e. The molecule has 0 aliphatic carbocycles. The number of nitrogens with zero attached hydrogens (tertiary/aromatic N) is 2. The lowest BCUT2D eigenvalue weighted by Gasteiger charge is -2.38. The average Bonchev–Trinajstić information content (AvgIpc) is 2.56. The Hall–Kier alpha value is -1.27. The van der Waals surface area contributed by atoms with Crippen molar-refractivity contribution >= 4 is 26.8 Å². The summed E-state index contributed by atoms with van der Waals surface area (Å²) in [6.45, 7) is 3.22. The molecule has 3 heterocycles. The van der Waals surface area contributed by atoms with Crippen LogP contribution in [0.1, 0.15) is 25.7 Å². The third kappa shape index (κ3) is 3.08. The number of hydrogen-bond donors (Lipinski definition) is 1. The van der Waals surface area contributed by atoms with E-state index >= 15 is 0 Å². The van der Waals surface area contributed by atoms with Crippen LogP contribution in [0.3, 0.4) is 0 Å². The van der Waals surface area contributed by atoms with Gasteiger partial charge in [-0.05, 0) is 47.1 Å². The summed E-state index contributed by atoms with van der Waals surface area (Å²) in [7, 11) is -2.05. The minimum absolute atomic E-state index is 0.218. The molecule has 0 bridgehead atoms. The van der Waals surface area contributed by atoms with E-state index in [9.17, 15) is 4.21 Å². The fourth-order valence-corrected chi connectivity index (χ4v) is 6.07. The van der Waals surface area contributed by atoms with Crippen LogP contribution in [0.2, 0.25) is 0 Å². The van der Waals surface area contributed by atoms with Crippen LogP contribution in [0.15, 0.2) is 18.5 Å². The van der Waals surface area contributed by atoms with Crippen molar-refractivity contribution in [2.45, 2.75) is 36.2 Å². The molecule has 2 aliphatic rings. The number of ether oxygens (including phenoxy) is 1. The summed E-state index contributed by atoms with van der Waals surface area (Å²) in [5, 5.41) is 0.443. The normalized spacial score (nSPS) is 24.1. The third-order valence-corrected chi connectivity index (χ3v) is 8.11. The standard InChI is InChI=1S/C16H25N3O2S/c1-22(20,14-5-10-21-11-6-14)13-3-8-19(9-4-13)16-2-7-18-12-15(16)17/h2,7,12-14H,1,3-6,8-11,17H2. The zero-order valence-corrected chi connectivity index (χ0v) is 13.8. The van der Waals surface area contributed by atoms with Gasteiger partial charge in [0.2, 0.25) is 0 Å². The number of rotatable bonds is 3. The summed E-state index contributed by atoms with van der Waals surface area (Å²) >= 11 is 0. The highest BCUT2D eigenvalue weighted by atomic mass is 32.2. The number of piperidine rings is 1. The van der Waals surface area contributed by atoms with E-state index in [4.69, 9.17) is 10.5 Å². The van der Waals surface area contributed by atoms with E-state index in [1.165, 1.54) is 0 Å². The molecule has 2 aliphatic heterocycles. The van der Waals surface area contributed by atoms with Gasteiger partial charge in [0.05, 0.1) is 17.6 Å². The van der Waals surface area contributed by atoms with Crippen molar-refractivity contribution in [2.24, 2.45) is 0 Å². The number of nitrogen functional groups attached to an aromatic ring is 1. The second kappa shape index (κ2) is 6.46. The van der Waals surface area contributed by atoms with Gasteiger partial charge in [0, 0.05) is 43.0 Å². The summed E-state index contributed by atoms with van der Waals surface area (Å²) in [6, 6.07) is 1.95. The van der Waals surface area contributed by atoms with Crippen LogP contribution in [0.4, 0.5) is 11.4 Å². The molecule has 6 heteroatoms. The van der Waals surface area contributed by atoms with E-state index in [1.807, 2.05) is 6.07 Å². The average molecular weight is 323 g/mol. The Labute approximate surface area is 132 Å². The van der Waals surface area contributed by atoms with Crippen molar-refractivity contribution in [1.82, 2.24) is 4.98 Å². The Morgan fingerprint density at radius 3 is 2.50 bits per heavy atom. The SMILES string of the molecule is C=S(=O)(C1CCOCC1)C1CCN(c2ccncc2N)CC1. The third-order valence-electron chi connectivity index (χ3n) is 4.91. The summed E-state index contributed by atoms with van der Waals surface area (Å²) in [5.74, 6) is 4.15. The van der Waals surface area contributed by atoms with E-state index in [0.29, 0.717) is 5.69 Å². The van der Waals surface area contributed by atoms with Gasteiger partial charge in [-0.15, -0.1) is 0 Å². The topological polar surface area (TPSA) is 68.5 Å².